The molecule has 1 rings (SSSR count). The Kier molecular flexibility index (Phi) is 4.63. The number of carbonyl (C=O) groups excluding carboxylic acids is 1. The quantitative estimate of drug-likeness (QED) is 0.339. The van der Waals surface area contributed by atoms with E-state index < -0.39 is 21.6 Å². The van der Waals surface area contributed by atoms with Crippen LogP contribution in [0.5, 0.6) is 0 Å². The molecule has 98 valence electrons. The summed E-state index contributed by atoms with van der Waals surface area (Å²) in [5.74, 6) is 0. The molecule has 0 aromatic heterocycles. The van der Waals surface area contributed by atoms with Gasteiger partial charge in [0.25, 0.3) is 5.50 Å². The number of nitrogens with one attached hydrogen (secondary N) is 2. The van der Waals surface area contributed by atoms with Crippen LogP contribution in [0.4, 0.5) is 10.5 Å². The van der Waals surface area contributed by atoms with Gasteiger partial charge >= 0.3 is 16.1 Å². The van der Waals surface area contributed by atoms with Gasteiger partial charge in [0.15, 0.2) is 0 Å². The lowest BCUT2D eigenvalue weighted by Gasteiger charge is -2.09. The number of nitrogens with two attached hydrogens (primary N) is 1. The van der Waals surface area contributed by atoms with Crippen molar-refractivity contribution >= 4 is 28.2 Å². The van der Waals surface area contributed by atoms with E-state index >= 15 is 0 Å². The molecule has 0 bridgehead atoms. The van der Waals surface area contributed by atoms with Crippen molar-refractivity contribution in [3.8, 4) is 0 Å². The Morgan fingerprint density at radius 2 is 2.00 bits per heavy atom. The fraction of sp³-hybridized carbons (Fsp3) is 0.111. The first-order chi connectivity index (χ1) is 8.39. The number of urea groups is 1. The minimum absolute atomic E-state index is 0.661. The van der Waals surface area contributed by atoms with Crippen LogP contribution in [-0.4, -0.2) is 30.8 Å². The smallest absolute Gasteiger partial charge is 0.314 e. The Hall–Kier alpha value is -2.13. The number of carbonyl (C=O) groups is 1. The first-order valence-corrected chi connectivity index (χ1v) is 6.25. The molecule has 0 aliphatic rings. The van der Waals surface area contributed by atoms with Gasteiger partial charge in [0.2, 0.25) is 0 Å². The summed E-state index contributed by atoms with van der Waals surface area (Å²) < 4.78 is 30.5. The van der Waals surface area contributed by atoms with E-state index in [1.165, 1.54) is 0 Å². The Balaban J connectivity index is 2.69. The number of nitrogens with zero attached hydrogens (tertiary/aromatic N) is 1. The molecule has 1 atom stereocenters. The molecule has 0 saturated carbocycles. The summed E-state index contributed by atoms with van der Waals surface area (Å²) in [4.78, 5) is 14.0. The summed E-state index contributed by atoms with van der Waals surface area (Å²) in [6.07, 6.45) is 1.03. The van der Waals surface area contributed by atoms with E-state index in [0.29, 0.717) is 5.69 Å². The van der Waals surface area contributed by atoms with Crippen LogP contribution in [0.15, 0.2) is 35.3 Å². The Morgan fingerprint density at radius 3 is 2.50 bits per heavy atom. The van der Waals surface area contributed by atoms with E-state index in [0.717, 1.165) is 6.34 Å². The van der Waals surface area contributed by atoms with Gasteiger partial charge < -0.3 is 16.4 Å². The summed E-state index contributed by atoms with van der Waals surface area (Å²) in [5, 5.41) is 4.43. The van der Waals surface area contributed by atoms with Crippen molar-refractivity contribution in [2.45, 2.75) is 5.50 Å². The van der Waals surface area contributed by atoms with E-state index in [1.807, 2.05) is 0 Å². The zero-order valence-electron chi connectivity index (χ0n) is 9.15. The van der Waals surface area contributed by atoms with E-state index in [1.54, 1.807) is 35.6 Å². The number of benzene rings is 1. The van der Waals surface area contributed by atoms with Crippen molar-refractivity contribution in [3.05, 3.63) is 30.3 Å². The molecule has 0 radical (unpaired) electrons. The number of amides is 2. The third kappa shape index (κ3) is 4.80. The number of aliphatic imine (C=N–C) groups is 1. The molecule has 1 aromatic carbocycles. The van der Waals surface area contributed by atoms with E-state index in [-0.39, 0.29) is 0 Å². The van der Waals surface area contributed by atoms with Crippen LogP contribution in [0.3, 0.4) is 0 Å². The van der Waals surface area contributed by atoms with Gasteiger partial charge in [0.05, 0.1) is 6.34 Å². The molecule has 0 saturated heterocycles. The molecule has 0 heterocycles. The van der Waals surface area contributed by atoms with Crippen LogP contribution in [-0.2, 0) is 10.1 Å². The van der Waals surface area contributed by atoms with Crippen LogP contribution in [0.25, 0.3) is 0 Å². The predicted molar refractivity (Wildman–Crippen MR) is 66.6 cm³/mol. The highest BCUT2D eigenvalue weighted by molar-refractivity contribution is 7.86. The third-order valence-electron chi connectivity index (χ3n) is 1.76. The van der Waals surface area contributed by atoms with Crippen LogP contribution in [0.2, 0.25) is 0 Å². The van der Waals surface area contributed by atoms with E-state index in [9.17, 15) is 13.2 Å². The van der Waals surface area contributed by atoms with Gasteiger partial charge in [-0.3, -0.25) is 4.55 Å². The van der Waals surface area contributed by atoms with Crippen molar-refractivity contribution in [2.75, 3.05) is 5.32 Å². The highest BCUT2D eigenvalue weighted by atomic mass is 32.2. The molecule has 8 nitrogen and oxygen atoms in total. The number of hydrogen-bond acceptors (Lipinski definition) is 4. The van der Waals surface area contributed by atoms with Gasteiger partial charge in [-0.05, 0) is 12.1 Å². The Bertz CT molecular complexity index is 529. The highest BCUT2D eigenvalue weighted by Gasteiger charge is 2.22. The van der Waals surface area contributed by atoms with Crippen LogP contribution in [0.1, 0.15) is 0 Å². The number of para-hydroxylation sites is 1. The lowest BCUT2D eigenvalue weighted by Crippen LogP contribution is -2.42. The summed E-state index contributed by atoms with van der Waals surface area (Å²) >= 11 is 0. The van der Waals surface area contributed by atoms with Crippen LogP contribution in [0, 0.1) is 0 Å². The van der Waals surface area contributed by atoms with Crippen molar-refractivity contribution in [3.63, 3.8) is 0 Å². The minimum atomic E-state index is -4.56. The number of primary amides is 1. The highest BCUT2D eigenvalue weighted by Crippen LogP contribution is 2.03. The molecule has 1 unspecified atom stereocenters. The Labute approximate surface area is 104 Å². The first kappa shape index (κ1) is 13.9. The van der Waals surface area contributed by atoms with Gasteiger partial charge in [-0.2, -0.15) is 8.42 Å². The lowest BCUT2D eigenvalue weighted by molar-refractivity contribution is 0.247. The molecule has 5 N–H and O–H groups in total. The van der Waals surface area contributed by atoms with Gasteiger partial charge in [0, 0.05) is 5.69 Å². The van der Waals surface area contributed by atoms with Gasteiger partial charge in [-0.15, -0.1) is 0 Å². The molecular weight excluding hydrogens is 260 g/mol. The number of hydrogen-bond donors (Lipinski definition) is 4. The van der Waals surface area contributed by atoms with Gasteiger partial charge in [-0.1, -0.05) is 18.2 Å². The van der Waals surface area contributed by atoms with Gasteiger partial charge in [-0.25, -0.2) is 9.79 Å². The molecule has 2 amide bonds. The maximum atomic E-state index is 10.9. The third-order valence-corrected chi connectivity index (χ3v) is 2.57. The second kappa shape index (κ2) is 5.98. The molecule has 0 fully saturated rings. The number of rotatable bonds is 5. The second-order valence-electron chi connectivity index (χ2n) is 3.16. The summed E-state index contributed by atoms with van der Waals surface area (Å²) in [6, 6.07) is 7.65. The summed E-state index contributed by atoms with van der Waals surface area (Å²) in [6.45, 7) is 0. The van der Waals surface area contributed by atoms with Gasteiger partial charge in [0.1, 0.15) is 0 Å². The molecule has 9 heteroatoms. The van der Waals surface area contributed by atoms with Crippen LogP contribution < -0.4 is 16.4 Å². The number of anilines is 1. The first-order valence-electron chi connectivity index (χ1n) is 4.75. The zero-order valence-corrected chi connectivity index (χ0v) is 9.96. The molecular formula is C9H12N4O4S. The standard InChI is InChI=1S/C9H12N4O4S/c10-8(14)13-9(18(15,16)17)12-6-11-7-4-2-1-3-5-7/h1-6,9H,(H,11,12)(H3,10,13,14)(H,15,16,17). The lowest BCUT2D eigenvalue weighted by atomic mass is 10.3. The van der Waals surface area contributed by atoms with Crippen molar-refractivity contribution in [1.82, 2.24) is 5.32 Å². The average molecular weight is 272 g/mol. The fourth-order valence-corrected chi connectivity index (χ4v) is 1.50. The normalized spacial score (nSPS) is 13.2. The van der Waals surface area contributed by atoms with E-state index in [2.05, 4.69) is 10.3 Å². The second-order valence-corrected chi connectivity index (χ2v) is 4.64. The molecule has 0 aliphatic carbocycles. The topological polar surface area (TPSA) is 134 Å². The SMILES string of the molecule is NC(=O)NC(N=CNc1ccccc1)S(=O)(=O)O. The predicted octanol–water partition coefficient (Wildman–Crippen LogP) is -0.0335. The van der Waals surface area contributed by atoms with Crippen molar-refractivity contribution in [2.24, 2.45) is 10.7 Å². The van der Waals surface area contributed by atoms with Crippen LogP contribution >= 0.6 is 0 Å². The maximum Gasteiger partial charge on any atom is 0.314 e. The zero-order chi connectivity index (χ0) is 13.6. The molecule has 1 aromatic rings. The summed E-state index contributed by atoms with van der Waals surface area (Å²) in [5.41, 5.74) is 3.57. The fourth-order valence-electron chi connectivity index (χ4n) is 1.02. The monoisotopic (exact) mass is 272 g/mol. The minimum Gasteiger partial charge on any atom is -0.352 e. The molecule has 0 spiro atoms. The molecule has 18 heavy (non-hydrogen) atoms. The Morgan fingerprint density at radius 1 is 1.39 bits per heavy atom. The van der Waals surface area contributed by atoms with E-state index in [4.69, 9.17) is 10.3 Å². The van der Waals surface area contributed by atoms with Crippen molar-refractivity contribution in [1.29, 1.82) is 0 Å². The average Bonchev–Trinajstić information content (AvgIpc) is 2.27. The largest absolute Gasteiger partial charge is 0.352 e. The maximum absolute atomic E-state index is 10.9. The summed E-state index contributed by atoms with van der Waals surface area (Å²) in [7, 11) is -4.56. The molecule has 0 aliphatic heterocycles. The van der Waals surface area contributed by atoms with Crippen molar-refractivity contribution < 1.29 is 17.8 Å².